The first kappa shape index (κ1) is 16.5. The summed E-state index contributed by atoms with van der Waals surface area (Å²) in [5.74, 6) is 1.47. The SMILES string of the molecule is c1ccc(CCOP(Oc2ccccc2)Oc2ccccc2)cc1. The second-order valence-corrected chi connectivity index (χ2v) is 6.17. The van der Waals surface area contributed by atoms with Gasteiger partial charge in [0, 0.05) is 0 Å². The van der Waals surface area contributed by atoms with E-state index in [9.17, 15) is 0 Å². The van der Waals surface area contributed by atoms with Crippen molar-refractivity contribution in [1.82, 2.24) is 0 Å². The van der Waals surface area contributed by atoms with Crippen LogP contribution in [0.5, 0.6) is 11.5 Å². The van der Waals surface area contributed by atoms with E-state index in [1.807, 2.05) is 78.9 Å². The van der Waals surface area contributed by atoms with Crippen LogP contribution in [-0.4, -0.2) is 6.61 Å². The monoisotopic (exact) mass is 338 g/mol. The molecule has 0 saturated carbocycles. The fourth-order valence-electron chi connectivity index (χ4n) is 2.09. The summed E-state index contributed by atoms with van der Waals surface area (Å²) in [6, 6.07) is 29.4. The van der Waals surface area contributed by atoms with Crippen molar-refractivity contribution in [3.8, 4) is 11.5 Å². The summed E-state index contributed by atoms with van der Waals surface area (Å²) in [5.41, 5.74) is 1.23. The van der Waals surface area contributed by atoms with E-state index < -0.39 is 8.60 Å². The Bertz CT molecular complexity index is 663. The molecule has 122 valence electrons. The number of hydrogen-bond donors (Lipinski definition) is 0. The van der Waals surface area contributed by atoms with Crippen LogP contribution in [-0.2, 0) is 10.9 Å². The molecule has 0 saturated heterocycles. The molecule has 0 aromatic heterocycles. The predicted molar refractivity (Wildman–Crippen MR) is 97.2 cm³/mol. The van der Waals surface area contributed by atoms with Crippen LogP contribution in [0.1, 0.15) is 5.56 Å². The van der Waals surface area contributed by atoms with Crippen molar-refractivity contribution in [2.24, 2.45) is 0 Å². The van der Waals surface area contributed by atoms with Crippen molar-refractivity contribution in [2.45, 2.75) is 6.42 Å². The van der Waals surface area contributed by atoms with Crippen molar-refractivity contribution in [3.63, 3.8) is 0 Å². The molecule has 0 amide bonds. The molecule has 24 heavy (non-hydrogen) atoms. The largest absolute Gasteiger partial charge is 0.463 e. The third-order valence-corrected chi connectivity index (χ3v) is 4.39. The van der Waals surface area contributed by atoms with E-state index in [0.29, 0.717) is 6.61 Å². The van der Waals surface area contributed by atoms with Crippen LogP contribution in [0.25, 0.3) is 0 Å². The minimum Gasteiger partial charge on any atom is -0.418 e. The Labute approximate surface area is 143 Å². The molecule has 4 heteroatoms. The lowest BCUT2D eigenvalue weighted by Crippen LogP contribution is -2.03. The summed E-state index contributed by atoms with van der Waals surface area (Å²) < 4.78 is 17.6. The Kier molecular flexibility index (Phi) is 6.24. The van der Waals surface area contributed by atoms with Gasteiger partial charge in [0.1, 0.15) is 11.5 Å². The van der Waals surface area contributed by atoms with E-state index in [-0.39, 0.29) is 0 Å². The highest BCUT2D eigenvalue weighted by Crippen LogP contribution is 2.41. The van der Waals surface area contributed by atoms with Gasteiger partial charge in [0.05, 0.1) is 6.61 Å². The normalized spacial score (nSPS) is 10.5. The summed E-state index contributed by atoms with van der Waals surface area (Å²) in [6.45, 7) is 0.537. The molecule has 3 aromatic carbocycles. The zero-order chi connectivity index (χ0) is 16.5. The van der Waals surface area contributed by atoms with Crippen LogP contribution in [0, 0.1) is 0 Å². The van der Waals surface area contributed by atoms with Gasteiger partial charge in [-0.2, -0.15) is 0 Å². The Morgan fingerprint density at radius 1 is 0.583 bits per heavy atom. The molecule has 0 radical (unpaired) electrons. The fourth-order valence-corrected chi connectivity index (χ4v) is 3.06. The van der Waals surface area contributed by atoms with Crippen molar-refractivity contribution >= 4 is 8.60 Å². The second kappa shape index (κ2) is 9.07. The molecule has 0 unspecified atom stereocenters. The van der Waals surface area contributed by atoms with E-state index in [2.05, 4.69) is 12.1 Å². The first-order chi connectivity index (χ1) is 11.9. The maximum absolute atomic E-state index is 5.88. The molecule has 0 aliphatic heterocycles. The maximum Gasteiger partial charge on any atom is 0.463 e. The number of rotatable bonds is 8. The van der Waals surface area contributed by atoms with Gasteiger partial charge in [-0.3, -0.25) is 4.52 Å². The quantitative estimate of drug-likeness (QED) is 0.498. The minimum atomic E-state index is -1.51. The van der Waals surface area contributed by atoms with Crippen LogP contribution in [0.4, 0.5) is 0 Å². The summed E-state index contributed by atoms with van der Waals surface area (Å²) >= 11 is 0. The van der Waals surface area contributed by atoms with Gasteiger partial charge in [0.25, 0.3) is 0 Å². The topological polar surface area (TPSA) is 27.7 Å². The van der Waals surface area contributed by atoms with Gasteiger partial charge in [0.15, 0.2) is 0 Å². The lowest BCUT2D eigenvalue weighted by Gasteiger charge is -2.17. The number of benzene rings is 3. The van der Waals surface area contributed by atoms with Crippen molar-refractivity contribution in [3.05, 3.63) is 96.6 Å². The summed E-state index contributed by atoms with van der Waals surface area (Å²) in [4.78, 5) is 0. The van der Waals surface area contributed by atoms with Crippen LogP contribution < -0.4 is 9.05 Å². The molecule has 0 atom stereocenters. The smallest absolute Gasteiger partial charge is 0.418 e. The Hall–Kier alpha value is -2.35. The molecule has 0 aliphatic rings. The van der Waals surface area contributed by atoms with E-state index in [1.54, 1.807) is 0 Å². The molecule has 3 rings (SSSR count). The molecular weight excluding hydrogens is 319 g/mol. The Balaban J connectivity index is 1.60. The van der Waals surface area contributed by atoms with Gasteiger partial charge >= 0.3 is 8.60 Å². The first-order valence-electron chi connectivity index (χ1n) is 7.83. The van der Waals surface area contributed by atoms with Gasteiger partial charge in [-0.1, -0.05) is 66.7 Å². The molecule has 0 aliphatic carbocycles. The molecule has 3 nitrogen and oxygen atoms in total. The highest BCUT2D eigenvalue weighted by molar-refractivity contribution is 7.42. The molecule has 3 aromatic rings. The van der Waals surface area contributed by atoms with E-state index in [0.717, 1.165) is 17.9 Å². The summed E-state index contributed by atoms with van der Waals surface area (Å²) in [6.07, 6.45) is 0.815. The number of para-hydroxylation sites is 2. The van der Waals surface area contributed by atoms with Gasteiger partial charge in [-0.15, -0.1) is 0 Å². The zero-order valence-electron chi connectivity index (χ0n) is 13.2. The van der Waals surface area contributed by atoms with Gasteiger partial charge in [0.2, 0.25) is 0 Å². The Morgan fingerprint density at radius 3 is 1.54 bits per heavy atom. The molecule has 0 spiro atoms. The third kappa shape index (κ3) is 5.38. The molecule has 0 fully saturated rings. The van der Waals surface area contributed by atoms with E-state index >= 15 is 0 Å². The summed E-state index contributed by atoms with van der Waals surface area (Å²) in [5, 5.41) is 0. The van der Waals surface area contributed by atoms with Crippen molar-refractivity contribution in [2.75, 3.05) is 6.61 Å². The molecule has 0 bridgehead atoms. The number of hydrogen-bond acceptors (Lipinski definition) is 3. The molecule has 0 N–H and O–H groups in total. The van der Waals surface area contributed by atoms with Crippen LogP contribution in [0.3, 0.4) is 0 Å². The maximum atomic E-state index is 5.88. The van der Waals surface area contributed by atoms with Crippen LogP contribution in [0.2, 0.25) is 0 Å². The molecular formula is C20H19O3P. The van der Waals surface area contributed by atoms with Gasteiger partial charge in [-0.05, 0) is 36.2 Å². The summed E-state index contributed by atoms with van der Waals surface area (Å²) in [7, 11) is -1.51. The van der Waals surface area contributed by atoms with Crippen LogP contribution in [0.15, 0.2) is 91.0 Å². The minimum absolute atomic E-state index is 0.537. The van der Waals surface area contributed by atoms with Gasteiger partial charge in [-0.25, -0.2) is 0 Å². The highest BCUT2D eigenvalue weighted by Gasteiger charge is 2.17. The zero-order valence-corrected chi connectivity index (χ0v) is 14.1. The Morgan fingerprint density at radius 2 is 1.04 bits per heavy atom. The third-order valence-electron chi connectivity index (χ3n) is 3.28. The second-order valence-electron chi connectivity index (χ2n) is 5.10. The van der Waals surface area contributed by atoms with Crippen molar-refractivity contribution in [1.29, 1.82) is 0 Å². The lowest BCUT2D eigenvalue weighted by atomic mass is 10.2. The van der Waals surface area contributed by atoms with E-state index in [4.69, 9.17) is 13.6 Å². The van der Waals surface area contributed by atoms with Crippen LogP contribution >= 0.6 is 8.60 Å². The fraction of sp³-hybridized carbons (Fsp3) is 0.100. The van der Waals surface area contributed by atoms with Crippen molar-refractivity contribution < 1.29 is 13.6 Å². The lowest BCUT2D eigenvalue weighted by molar-refractivity contribution is 0.268. The average molecular weight is 338 g/mol. The van der Waals surface area contributed by atoms with Gasteiger partial charge < -0.3 is 9.05 Å². The molecule has 0 heterocycles. The van der Waals surface area contributed by atoms with E-state index in [1.165, 1.54) is 5.56 Å². The highest BCUT2D eigenvalue weighted by atomic mass is 31.2. The average Bonchev–Trinajstić information content (AvgIpc) is 2.64. The first-order valence-corrected chi connectivity index (χ1v) is 8.93. The predicted octanol–water partition coefficient (Wildman–Crippen LogP) is 5.63. The standard InChI is InChI=1S/C20H19O3P/c1-4-10-18(11-5-1)16-17-21-24(22-19-12-6-2-7-13-19)23-20-14-8-3-9-15-20/h1-15H,16-17H2.